The summed E-state index contributed by atoms with van der Waals surface area (Å²) in [5, 5.41) is 6.61. The van der Waals surface area contributed by atoms with E-state index in [-0.39, 0.29) is 5.91 Å². The largest absolute Gasteiger partial charge is 0.350 e. The fraction of sp³-hybridized carbons (Fsp3) is 0.105. The Kier molecular flexibility index (Phi) is 5.26. The first-order valence-corrected chi connectivity index (χ1v) is 8.17. The number of aromatic nitrogens is 2. The van der Waals surface area contributed by atoms with Crippen LogP contribution in [0.15, 0.2) is 60.8 Å². The number of amides is 1. The van der Waals surface area contributed by atoms with E-state index in [1.807, 2.05) is 55.5 Å². The zero-order valence-electron chi connectivity index (χ0n) is 13.7. The first-order chi connectivity index (χ1) is 12.1. The van der Waals surface area contributed by atoms with E-state index < -0.39 is 0 Å². The molecule has 0 atom stereocenters. The molecule has 0 aliphatic rings. The van der Waals surface area contributed by atoms with Gasteiger partial charge in [-0.15, -0.1) is 0 Å². The molecule has 0 spiro atoms. The SMILES string of the molecule is Cc1ccc(NC(=O)c2ccnc(NCc3ccc(Cl)cc3)n2)cc1. The van der Waals surface area contributed by atoms with Crippen LogP contribution in [0.3, 0.4) is 0 Å². The van der Waals surface area contributed by atoms with Gasteiger partial charge in [0.2, 0.25) is 5.95 Å². The van der Waals surface area contributed by atoms with Gasteiger partial charge in [0.25, 0.3) is 5.91 Å². The van der Waals surface area contributed by atoms with Crippen LogP contribution in [0.5, 0.6) is 0 Å². The van der Waals surface area contributed by atoms with Gasteiger partial charge in [0, 0.05) is 23.5 Å². The van der Waals surface area contributed by atoms with Crippen LogP contribution in [0.4, 0.5) is 11.6 Å². The Hall–Kier alpha value is -2.92. The number of nitrogens with one attached hydrogen (secondary N) is 2. The minimum Gasteiger partial charge on any atom is -0.350 e. The van der Waals surface area contributed by atoms with Crippen LogP contribution in [-0.4, -0.2) is 15.9 Å². The van der Waals surface area contributed by atoms with Gasteiger partial charge in [-0.3, -0.25) is 4.79 Å². The summed E-state index contributed by atoms with van der Waals surface area (Å²) in [6, 6.07) is 16.7. The highest BCUT2D eigenvalue weighted by Gasteiger charge is 2.09. The smallest absolute Gasteiger partial charge is 0.274 e. The van der Waals surface area contributed by atoms with Crippen LogP contribution in [0, 0.1) is 6.92 Å². The van der Waals surface area contributed by atoms with Crippen molar-refractivity contribution in [1.82, 2.24) is 9.97 Å². The first kappa shape index (κ1) is 16.9. The van der Waals surface area contributed by atoms with Crippen molar-refractivity contribution in [2.24, 2.45) is 0 Å². The third kappa shape index (κ3) is 4.78. The molecule has 1 amide bonds. The predicted molar refractivity (Wildman–Crippen MR) is 99.9 cm³/mol. The second kappa shape index (κ2) is 7.77. The number of hydrogen-bond acceptors (Lipinski definition) is 4. The molecule has 0 radical (unpaired) electrons. The van der Waals surface area contributed by atoms with E-state index in [0.29, 0.717) is 23.2 Å². The summed E-state index contributed by atoms with van der Waals surface area (Å²) in [5.74, 6) is 0.118. The molecule has 0 unspecified atom stereocenters. The van der Waals surface area contributed by atoms with Crippen LogP contribution in [0.2, 0.25) is 5.02 Å². The lowest BCUT2D eigenvalue weighted by atomic mass is 10.2. The Labute approximate surface area is 151 Å². The average Bonchev–Trinajstić information content (AvgIpc) is 2.63. The molecule has 25 heavy (non-hydrogen) atoms. The van der Waals surface area contributed by atoms with E-state index in [4.69, 9.17) is 11.6 Å². The molecule has 2 N–H and O–H groups in total. The molecule has 0 fully saturated rings. The van der Waals surface area contributed by atoms with Gasteiger partial charge < -0.3 is 10.6 Å². The molecule has 1 aromatic heterocycles. The molecule has 3 rings (SSSR count). The van der Waals surface area contributed by atoms with Crippen molar-refractivity contribution in [3.8, 4) is 0 Å². The number of hydrogen-bond donors (Lipinski definition) is 2. The third-order valence-electron chi connectivity index (χ3n) is 3.56. The van der Waals surface area contributed by atoms with Crippen LogP contribution in [-0.2, 0) is 6.54 Å². The second-order valence-corrected chi connectivity index (χ2v) is 6.00. The maximum Gasteiger partial charge on any atom is 0.274 e. The van der Waals surface area contributed by atoms with Crippen molar-refractivity contribution >= 4 is 29.1 Å². The number of rotatable bonds is 5. The lowest BCUT2D eigenvalue weighted by molar-refractivity contribution is 0.102. The normalized spacial score (nSPS) is 10.3. The molecule has 5 nitrogen and oxygen atoms in total. The monoisotopic (exact) mass is 352 g/mol. The summed E-state index contributed by atoms with van der Waals surface area (Å²) < 4.78 is 0. The predicted octanol–water partition coefficient (Wildman–Crippen LogP) is 4.30. The molecule has 0 aliphatic carbocycles. The highest BCUT2D eigenvalue weighted by molar-refractivity contribution is 6.30. The molecule has 2 aromatic carbocycles. The lowest BCUT2D eigenvalue weighted by Crippen LogP contribution is -2.15. The topological polar surface area (TPSA) is 66.9 Å². The van der Waals surface area contributed by atoms with Gasteiger partial charge in [0.05, 0.1) is 0 Å². The zero-order valence-corrected chi connectivity index (χ0v) is 14.4. The summed E-state index contributed by atoms with van der Waals surface area (Å²) in [4.78, 5) is 20.7. The Morgan fingerprint density at radius 3 is 2.48 bits per heavy atom. The molecule has 0 saturated carbocycles. The van der Waals surface area contributed by atoms with E-state index in [2.05, 4.69) is 20.6 Å². The Balaban J connectivity index is 1.64. The summed E-state index contributed by atoms with van der Waals surface area (Å²) >= 11 is 5.87. The number of nitrogens with zero attached hydrogens (tertiary/aromatic N) is 2. The van der Waals surface area contributed by atoms with Crippen LogP contribution >= 0.6 is 11.6 Å². The van der Waals surface area contributed by atoms with Crippen molar-refractivity contribution in [3.63, 3.8) is 0 Å². The van der Waals surface area contributed by atoms with E-state index in [1.54, 1.807) is 12.3 Å². The standard InChI is InChI=1S/C19H17ClN4O/c1-13-2-8-16(9-3-13)23-18(25)17-10-11-21-19(24-17)22-12-14-4-6-15(20)7-5-14/h2-11H,12H2,1H3,(H,23,25)(H,21,22,24). The van der Waals surface area contributed by atoms with E-state index in [0.717, 1.165) is 16.8 Å². The highest BCUT2D eigenvalue weighted by atomic mass is 35.5. The zero-order chi connectivity index (χ0) is 17.6. The number of carbonyl (C=O) groups excluding carboxylic acids is 1. The van der Waals surface area contributed by atoms with Gasteiger partial charge in [-0.2, -0.15) is 0 Å². The quantitative estimate of drug-likeness (QED) is 0.718. The van der Waals surface area contributed by atoms with Gasteiger partial charge in [0.1, 0.15) is 5.69 Å². The molecule has 1 heterocycles. The van der Waals surface area contributed by atoms with Crippen molar-refractivity contribution in [1.29, 1.82) is 0 Å². The second-order valence-electron chi connectivity index (χ2n) is 5.57. The van der Waals surface area contributed by atoms with Crippen molar-refractivity contribution in [2.75, 3.05) is 10.6 Å². The molecule has 6 heteroatoms. The number of anilines is 2. The Morgan fingerprint density at radius 2 is 1.76 bits per heavy atom. The van der Waals surface area contributed by atoms with Gasteiger partial charge in [0.15, 0.2) is 0 Å². The summed E-state index contributed by atoms with van der Waals surface area (Å²) in [6.07, 6.45) is 1.56. The molecular formula is C19H17ClN4O. The van der Waals surface area contributed by atoms with Crippen molar-refractivity contribution < 1.29 is 4.79 Å². The maximum absolute atomic E-state index is 12.3. The summed E-state index contributed by atoms with van der Waals surface area (Å²) in [6.45, 7) is 2.54. The molecule has 3 aromatic rings. The Bertz CT molecular complexity index is 863. The average molecular weight is 353 g/mol. The van der Waals surface area contributed by atoms with Crippen LogP contribution < -0.4 is 10.6 Å². The van der Waals surface area contributed by atoms with Gasteiger partial charge in [-0.25, -0.2) is 9.97 Å². The fourth-order valence-corrected chi connectivity index (χ4v) is 2.31. The first-order valence-electron chi connectivity index (χ1n) is 7.79. The van der Waals surface area contributed by atoms with Crippen LogP contribution in [0.1, 0.15) is 21.6 Å². The molecule has 0 aliphatic heterocycles. The molecule has 0 bridgehead atoms. The van der Waals surface area contributed by atoms with Gasteiger partial charge in [-0.05, 0) is 42.8 Å². The minimum atomic E-state index is -0.277. The number of benzene rings is 2. The van der Waals surface area contributed by atoms with E-state index in [9.17, 15) is 4.79 Å². The van der Waals surface area contributed by atoms with Crippen molar-refractivity contribution in [2.45, 2.75) is 13.5 Å². The van der Waals surface area contributed by atoms with E-state index >= 15 is 0 Å². The summed E-state index contributed by atoms with van der Waals surface area (Å²) in [7, 11) is 0. The fourth-order valence-electron chi connectivity index (χ4n) is 2.19. The lowest BCUT2D eigenvalue weighted by Gasteiger charge is -2.08. The number of aryl methyl sites for hydroxylation is 1. The number of halogens is 1. The summed E-state index contributed by atoms with van der Waals surface area (Å²) in [5.41, 5.74) is 3.20. The van der Waals surface area contributed by atoms with E-state index in [1.165, 1.54) is 0 Å². The number of carbonyl (C=O) groups is 1. The molecule has 0 saturated heterocycles. The third-order valence-corrected chi connectivity index (χ3v) is 3.81. The van der Waals surface area contributed by atoms with Gasteiger partial charge in [-0.1, -0.05) is 41.4 Å². The van der Waals surface area contributed by atoms with Gasteiger partial charge >= 0.3 is 0 Å². The molecular weight excluding hydrogens is 336 g/mol. The highest BCUT2D eigenvalue weighted by Crippen LogP contribution is 2.12. The minimum absolute atomic E-state index is 0.277. The molecule has 126 valence electrons. The Morgan fingerprint density at radius 1 is 1.04 bits per heavy atom. The maximum atomic E-state index is 12.3. The van der Waals surface area contributed by atoms with Crippen molar-refractivity contribution in [3.05, 3.63) is 82.6 Å². The van der Waals surface area contributed by atoms with Crippen LogP contribution in [0.25, 0.3) is 0 Å².